The van der Waals surface area contributed by atoms with Crippen molar-refractivity contribution in [1.82, 2.24) is 5.32 Å². The van der Waals surface area contributed by atoms with Gasteiger partial charge in [0.05, 0.1) is 0 Å². The van der Waals surface area contributed by atoms with E-state index in [4.69, 9.17) is 9.84 Å². The Kier molecular flexibility index (Phi) is 5.85. The summed E-state index contributed by atoms with van der Waals surface area (Å²) in [6.45, 7) is 3.32. The van der Waals surface area contributed by atoms with Crippen LogP contribution < -0.4 is 10.1 Å². The number of carboxylic acid groups (broad SMARTS) is 1. The zero-order valence-corrected chi connectivity index (χ0v) is 11.2. The molecule has 2 N–H and O–H groups in total. The van der Waals surface area contributed by atoms with E-state index in [1.165, 1.54) is 12.5 Å². The predicted molar refractivity (Wildman–Crippen MR) is 71.2 cm³/mol. The second kappa shape index (κ2) is 7.41. The third-order valence-electron chi connectivity index (χ3n) is 2.58. The number of amides is 1. The summed E-state index contributed by atoms with van der Waals surface area (Å²) in [5.41, 5.74) is 1.22. The van der Waals surface area contributed by atoms with Crippen LogP contribution in [-0.2, 0) is 16.0 Å². The van der Waals surface area contributed by atoms with Crippen molar-refractivity contribution in [3.63, 3.8) is 0 Å². The molecular formula is C14H19NO4. The van der Waals surface area contributed by atoms with Crippen LogP contribution in [0.4, 0.5) is 0 Å². The molecule has 19 heavy (non-hydrogen) atoms. The molecule has 104 valence electrons. The Morgan fingerprint density at radius 1 is 1.32 bits per heavy atom. The zero-order valence-electron chi connectivity index (χ0n) is 11.2. The Bertz CT molecular complexity index is 428. The Hall–Kier alpha value is -2.04. The Morgan fingerprint density at radius 2 is 1.95 bits per heavy atom. The van der Waals surface area contributed by atoms with E-state index in [0.717, 1.165) is 12.8 Å². The van der Waals surface area contributed by atoms with Gasteiger partial charge in [0.2, 0.25) is 0 Å². The van der Waals surface area contributed by atoms with Gasteiger partial charge in [0.25, 0.3) is 5.91 Å². The van der Waals surface area contributed by atoms with E-state index in [1.54, 1.807) is 12.1 Å². The van der Waals surface area contributed by atoms with E-state index < -0.39 is 17.9 Å². The van der Waals surface area contributed by atoms with Gasteiger partial charge in [-0.2, -0.15) is 0 Å². The number of ether oxygens (including phenoxy) is 1. The van der Waals surface area contributed by atoms with Crippen molar-refractivity contribution in [2.24, 2.45) is 0 Å². The van der Waals surface area contributed by atoms with Crippen molar-refractivity contribution in [2.75, 3.05) is 6.61 Å². The van der Waals surface area contributed by atoms with Crippen molar-refractivity contribution in [1.29, 1.82) is 0 Å². The molecule has 1 atom stereocenters. The SMILES string of the molecule is CCCc1ccc(OCC(=O)N[C@@H](C)C(=O)O)cc1. The summed E-state index contributed by atoms with van der Waals surface area (Å²) in [7, 11) is 0. The molecule has 0 aliphatic carbocycles. The maximum absolute atomic E-state index is 11.4. The van der Waals surface area contributed by atoms with E-state index in [-0.39, 0.29) is 6.61 Å². The number of nitrogens with one attached hydrogen (secondary N) is 1. The number of benzene rings is 1. The molecule has 0 radical (unpaired) electrons. The summed E-state index contributed by atoms with van der Waals surface area (Å²) in [4.78, 5) is 22.0. The fourth-order valence-corrected chi connectivity index (χ4v) is 1.53. The lowest BCUT2D eigenvalue weighted by Crippen LogP contribution is -2.40. The van der Waals surface area contributed by atoms with Gasteiger partial charge in [-0.15, -0.1) is 0 Å². The number of rotatable bonds is 7. The van der Waals surface area contributed by atoms with Gasteiger partial charge in [-0.25, -0.2) is 0 Å². The summed E-state index contributed by atoms with van der Waals surface area (Å²) < 4.78 is 5.28. The minimum absolute atomic E-state index is 0.190. The molecule has 0 saturated carbocycles. The average Bonchev–Trinajstić information content (AvgIpc) is 2.38. The van der Waals surface area contributed by atoms with Gasteiger partial charge in [-0.1, -0.05) is 25.5 Å². The van der Waals surface area contributed by atoms with E-state index >= 15 is 0 Å². The van der Waals surface area contributed by atoms with Gasteiger partial charge < -0.3 is 15.2 Å². The molecule has 0 fully saturated rings. The fraction of sp³-hybridized carbons (Fsp3) is 0.429. The Morgan fingerprint density at radius 3 is 2.47 bits per heavy atom. The largest absolute Gasteiger partial charge is 0.484 e. The van der Waals surface area contributed by atoms with Crippen LogP contribution in [0.15, 0.2) is 24.3 Å². The number of carbonyl (C=O) groups excluding carboxylic acids is 1. The Balaban J connectivity index is 2.39. The number of carboxylic acids is 1. The molecule has 1 rings (SSSR count). The highest BCUT2D eigenvalue weighted by Crippen LogP contribution is 2.13. The van der Waals surface area contributed by atoms with Crippen molar-refractivity contribution in [2.45, 2.75) is 32.7 Å². The van der Waals surface area contributed by atoms with Crippen LogP contribution in [0.3, 0.4) is 0 Å². The van der Waals surface area contributed by atoms with Gasteiger partial charge in [0, 0.05) is 0 Å². The summed E-state index contributed by atoms with van der Waals surface area (Å²) in [6.07, 6.45) is 2.09. The molecule has 1 aromatic carbocycles. The number of carbonyl (C=O) groups is 2. The van der Waals surface area contributed by atoms with Crippen LogP contribution in [0.25, 0.3) is 0 Å². The highest BCUT2D eigenvalue weighted by Gasteiger charge is 2.13. The van der Waals surface area contributed by atoms with Crippen molar-refractivity contribution in [3.8, 4) is 5.75 Å². The molecule has 0 unspecified atom stereocenters. The van der Waals surface area contributed by atoms with Crippen molar-refractivity contribution in [3.05, 3.63) is 29.8 Å². The lowest BCUT2D eigenvalue weighted by atomic mass is 10.1. The molecule has 1 amide bonds. The second-order valence-electron chi connectivity index (χ2n) is 4.31. The van der Waals surface area contributed by atoms with E-state index in [2.05, 4.69) is 12.2 Å². The number of hydrogen-bond acceptors (Lipinski definition) is 3. The first-order valence-electron chi connectivity index (χ1n) is 6.26. The van der Waals surface area contributed by atoms with Crippen LogP contribution in [0.2, 0.25) is 0 Å². The van der Waals surface area contributed by atoms with Crippen molar-refractivity contribution < 1.29 is 19.4 Å². The number of aliphatic carboxylic acids is 1. The minimum atomic E-state index is -1.07. The second-order valence-corrected chi connectivity index (χ2v) is 4.31. The first-order valence-corrected chi connectivity index (χ1v) is 6.26. The predicted octanol–water partition coefficient (Wildman–Crippen LogP) is 1.61. The van der Waals surface area contributed by atoms with Crippen LogP contribution in [-0.4, -0.2) is 29.6 Å². The molecule has 0 spiro atoms. The third kappa shape index (κ3) is 5.42. The van der Waals surface area contributed by atoms with Gasteiger partial charge in [0.15, 0.2) is 6.61 Å². The first kappa shape index (κ1) is 15.0. The van der Waals surface area contributed by atoms with Crippen LogP contribution in [0, 0.1) is 0 Å². The Labute approximate surface area is 112 Å². The molecule has 0 aliphatic rings. The van der Waals surface area contributed by atoms with Gasteiger partial charge >= 0.3 is 5.97 Å². The maximum Gasteiger partial charge on any atom is 0.325 e. The average molecular weight is 265 g/mol. The molecule has 0 aromatic heterocycles. The van der Waals surface area contributed by atoms with E-state index in [1.807, 2.05) is 12.1 Å². The smallest absolute Gasteiger partial charge is 0.325 e. The van der Waals surface area contributed by atoms with Crippen LogP contribution >= 0.6 is 0 Å². The van der Waals surface area contributed by atoms with Crippen molar-refractivity contribution >= 4 is 11.9 Å². The minimum Gasteiger partial charge on any atom is -0.484 e. The molecule has 0 heterocycles. The molecule has 0 saturated heterocycles. The molecule has 5 heteroatoms. The fourth-order valence-electron chi connectivity index (χ4n) is 1.53. The quantitative estimate of drug-likeness (QED) is 0.785. The summed E-state index contributed by atoms with van der Waals surface area (Å²) in [5, 5.41) is 11.0. The molecular weight excluding hydrogens is 246 g/mol. The summed E-state index contributed by atoms with van der Waals surface area (Å²) in [5.74, 6) is -0.928. The molecule has 5 nitrogen and oxygen atoms in total. The summed E-state index contributed by atoms with van der Waals surface area (Å²) >= 11 is 0. The van der Waals surface area contributed by atoms with Gasteiger partial charge in [0.1, 0.15) is 11.8 Å². The zero-order chi connectivity index (χ0) is 14.3. The topological polar surface area (TPSA) is 75.6 Å². The lowest BCUT2D eigenvalue weighted by Gasteiger charge is -2.10. The molecule has 0 bridgehead atoms. The maximum atomic E-state index is 11.4. The number of aryl methyl sites for hydroxylation is 1. The number of hydrogen-bond donors (Lipinski definition) is 2. The van der Waals surface area contributed by atoms with E-state index in [0.29, 0.717) is 5.75 Å². The monoisotopic (exact) mass is 265 g/mol. The first-order chi connectivity index (χ1) is 9.02. The van der Waals surface area contributed by atoms with Crippen LogP contribution in [0.1, 0.15) is 25.8 Å². The van der Waals surface area contributed by atoms with Gasteiger partial charge in [-0.3, -0.25) is 9.59 Å². The van der Waals surface area contributed by atoms with E-state index in [9.17, 15) is 9.59 Å². The van der Waals surface area contributed by atoms with Crippen LogP contribution in [0.5, 0.6) is 5.75 Å². The summed E-state index contributed by atoms with van der Waals surface area (Å²) in [6, 6.07) is 6.61. The molecule has 1 aromatic rings. The standard InChI is InChI=1S/C14H19NO4/c1-3-4-11-5-7-12(8-6-11)19-9-13(16)15-10(2)14(17)18/h5-8,10H,3-4,9H2,1-2H3,(H,15,16)(H,17,18)/t10-/m0/s1. The molecule has 0 aliphatic heterocycles. The highest BCUT2D eigenvalue weighted by atomic mass is 16.5. The third-order valence-corrected chi connectivity index (χ3v) is 2.58. The highest BCUT2D eigenvalue weighted by molar-refractivity contribution is 5.84. The lowest BCUT2D eigenvalue weighted by molar-refractivity contribution is -0.141. The van der Waals surface area contributed by atoms with Gasteiger partial charge in [-0.05, 0) is 31.0 Å². The normalized spacial score (nSPS) is 11.7.